The van der Waals surface area contributed by atoms with Crippen LogP contribution in [0.15, 0.2) is 289 Å². The fraction of sp³-hybridized carbons (Fsp3) is 0.210. The topological polar surface area (TPSA) is 400 Å². The van der Waals surface area contributed by atoms with Gasteiger partial charge in [-0.1, -0.05) is 113 Å². The molecule has 2 atom stereocenters. The molecular weight excluding hydrogens is 1770 g/mol. The molecule has 16 rings (SSSR count). The number of carbonyl (C=O) groups is 5. The normalized spacial score (nSPS) is 14.4. The third-order valence-electron chi connectivity index (χ3n) is 21.5. The summed E-state index contributed by atoms with van der Waals surface area (Å²) in [6.07, 6.45) is 20.9. The number of pyridine rings is 4. The van der Waals surface area contributed by atoms with Gasteiger partial charge in [0, 0.05) is 158 Å². The van der Waals surface area contributed by atoms with Gasteiger partial charge < -0.3 is 58.8 Å². The van der Waals surface area contributed by atoms with Crippen LogP contribution < -0.4 is 49.1 Å². The van der Waals surface area contributed by atoms with Crippen LogP contribution >= 0.6 is 46.4 Å². The van der Waals surface area contributed by atoms with E-state index in [1.165, 1.54) is 18.9 Å². The summed E-state index contributed by atoms with van der Waals surface area (Å²) < 4.78 is 29.4. The minimum absolute atomic E-state index is 0.152. The van der Waals surface area contributed by atoms with Crippen molar-refractivity contribution in [1.29, 1.82) is 0 Å². The average molecular weight is 1870 g/mol. The Balaban J connectivity index is 0.000000150. The first kappa shape index (κ1) is 95.9. The molecule has 3 aliphatic rings. The van der Waals surface area contributed by atoms with Crippen molar-refractivity contribution in [1.82, 2.24) is 40.1 Å². The lowest BCUT2D eigenvalue weighted by atomic mass is 10.1. The van der Waals surface area contributed by atoms with Crippen LogP contribution in [-0.2, 0) is 31.5 Å². The fourth-order valence-electron chi connectivity index (χ4n) is 14.5. The number of aromatic nitrogens is 6. The lowest BCUT2D eigenvalue weighted by Gasteiger charge is -2.17. The number of nitrogens with two attached hydrogens (primary N) is 3. The SMILES string of the molecule is CS(=O)(=O)Cc1ccc(C(=O)Nc2ccc(Cl)c(-c3ccccn3)c2)cc1NC(=O)CN1CCCC1.NC(=NCC1CCCO1)c1ccc(C(=O)Nc2ccc(Cl)c(-c3ccccn3)c2)cc1.NC(=NCCC1CCCN1)c1ccc(C(=O)Nc2ccc(Cl)c(-c3ccccn3)c2)cc1.NC(=NCCCc1cnc[nH]1)c1ccc(C(=O)Nc2ccc(Cl)c(-c3ccccn3)c2)cc1. The monoisotopic (exact) mass is 1870 g/mol. The highest BCUT2D eigenvalue weighted by molar-refractivity contribution is 7.89. The molecule has 13 N–H and O–H groups in total. The van der Waals surface area contributed by atoms with E-state index >= 15 is 0 Å². The first-order valence-corrected chi connectivity index (χ1v) is 46.5. The number of benzene rings is 8. The summed E-state index contributed by atoms with van der Waals surface area (Å²) in [5, 5.41) is 20.0. The van der Waals surface area contributed by atoms with E-state index in [4.69, 9.17) is 68.3 Å². The molecular formula is C100H99Cl4N19O8S. The maximum Gasteiger partial charge on any atom is 0.255 e. The molecule has 5 amide bonds. The highest BCUT2D eigenvalue weighted by Crippen LogP contribution is 2.35. The van der Waals surface area contributed by atoms with Gasteiger partial charge >= 0.3 is 0 Å². The van der Waals surface area contributed by atoms with Crippen LogP contribution in [0.25, 0.3) is 45.0 Å². The van der Waals surface area contributed by atoms with Crippen molar-refractivity contribution in [3.63, 3.8) is 0 Å². The average Bonchev–Trinajstić information content (AvgIpc) is 1.32. The number of likely N-dealkylation sites (tertiary alicyclic amines) is 1. The second-order valence-corrected chi connectivity index (χ2v) is 35.1. The predicted molar refractivity (Wildman–Crippen MR) is 527 cm³/mol. The van der Waals surface area contributed by atoms with Crippen molar-refractivity contribution in [2.45, 2.75) is 75.7 Å². The van der Waals surface area contributed by atoms with Gasteiger partial charge in [-0.2, -0.15) is 0 Å². The number of rotatable bonds is 29. The van der Waals surface area contributed by atoms with E-state index in [-0.39, 0.29) is 47.6 Å². The number of amides is 5. The van der Waals surface area contributed by atoms with Crippen molar-refractivity contribution in [2.24, 2.45) is 32.2 Å². The number of aromatic amines is 1. The summed E-state index contributed by atoms with van der Waals surface area (Å²) in [5.74, 6) is -0.196. The van der Waals surface area contributed by atoms with Gasteiger partial charge in [0.2, 0.25) is 5.91 Å². The predicted octanol–water partition coefficient (Wildman–Crippen LogP) is 18.0. The molecule has 27 nitrogen and oxygen atoms in total. The third-order valence-corrected chi connectivity index (χ3v) is 23.6. The number of anilines is 5. The molecule has 3 aliphatic heterocycles. The number of carbonyl (C=O) groups excluding carboxylic acids is 5. The van der Waals surface area contributed by atoms with Crippen molar-refractivity contribution in [3.05, 3.63) is 344 Å². The lowest BCUT2D eigenvalue weighted by Crippen LogP contribution is -2.31. The van der Waals surface area contributed by atoms with Crippen molar-refractivity contribution < 1.29 is 37.1 Å². The molecule has 676 valence electrons. The Morgan fingerprint density at radius 1 is 0.470 bits per heavy atom. The Bertz CT molecular complexity index is 6320. The molecule has 13 aromatic rings. The maximum absolute atomic E-state index is 13.1. The number of aryl methyl sites for hydroxylation is 1. The number of halogens is 4. The van der Waals surface area contributed by atoms with Gasteiger partial charge in [-0.05, 0) is 253 Å². The molecule has 0 aliphatic carbocycles. The summed E-state index contributed by atoms with van der Waals surface area (Å²) in [6.45, 7) is 5.68. The van der Waals surface area contributed by atoms with Gasteiger partial charge in [-0.25, -0.2) is 13.4 Å². The molecule has 3 fully saturated rings. The van der Waals surface area contributed by atoms with Gasteiger partial charge in [0.25, 0.3) is 23.6 Å². The van der Waals surface area contributed by atoms with E-state index in [0.29, 0.717) is 125 Å². The highest BCUT2D eigenvalue weighted by Gasteiger charge is 2.23. The van der Waals surface area contributed by atoms with Gasteiger partial charge in [-0.15, -0.1) is 0 Å². The number of nitrogens with one attached hydrogen (secondary N) is 7. The molecule has 2 unspecified atom stereocenters. The number of hydrogen-bond donors (Lipinski definition) is 10. The summed E-state index contributed by atoms with van der Waals surface area (Å²) in [7, 11) is -3.36. The fourth-order valence-corrected chi connectivity index (χ4v) is 16.2. The third kappa shape index (κ3) is 28.7. The van der Waals surface area contributed by atoms with Gasteiger partial charge in [-0.3, -0.25) is 63.8 Å². The van der Waals surface area contributed by atoms with Crippen LogP contribution in [-0.4, -0.2) is 161 Å². The molecule has 8 aromatic carbocycles. The number of amidine groups is 3. The zero-order valence-electron chi connectivity index (χ0n) is 72.3. The van der Waals surface area contributed by atoms with Gasteiger partial charge in [0.1, 0.15) is 17.5 Å². The minimum Gasteiger partial charge on any atom is -0.384 e. The molecule has 132 heavy (non-hydrogen) atoms. The second kappa shape index (κ2) is 47.8. The van der Waals surface area contributed by atoms with E-state index in [9.17, 15) is 32.4 Å². The number of aliphatic imine (C=N–C) groups is 3. The van der Waals surface area contributed by atoms with Crippen LogP contribution in [0.3, 0.4) is 0 Å². The Kier molecular flexibility index (Phi) is 34.7. The molecule has 3 saturated heterocycles. The minimum atomic E-state index is -3.36. The van der Waals surface area contributed by atoms with Crippen LogP contribution in [0.2, 0.25) is 20.1 Å². The first-order valence-electron chi connectivity index (χ1n) is 42.9. The van der Waals surface area contributed by atoms with Crippen molar-refractivity contribution >= 4 is 132 Å². The summed E-state index contributed by atoms with van der Waals surface area (Å²) in [5.41, 5.74) is 32.6. The number of ether oxygens (including phenoxy) is 1. The summed E-state index contributed by atoms with van der Waals surface area (Å²) in [4.78, 5) is 104. The van der Waals surface area contributed by atoms with Crippen LogP contribution in [0.4, 0.5) is 28.4 Å². The second-order valence-electron chi connectivity index (χ2n) is 31.3. The Hall–Kier alpha value is -13.7. The Morgan fingerprint density at radius 3 is 1.26 bits per heavy atom. The zero-order valence-corrected chi connectivity index (χ0v) is 76.1. The number of hydrogen-bond acceptors (Lipinski definition) is 18. The molecule has 8 heterocycles. The molecule has 0 bridgehead atoms. The van der Waals surface area contributed by atoms with Crippen LogP contribution in [0, 0.1) is 0 Å². The van der Waals surface area contributed by atoms with E-state index in [1.807, 2.05) is 102 Å². The quantitative estimate of drug-likeness (QED) is 0.0118. The van der Waals surface area contributed by atoms with Gasteiger partial charge in [0.05, 0.1) is 74.1 Å². The lowest BCUT2D eigenvalue weighted by molar-refractivity contribution is -0.117. The number of H-pyrrole nitrogens is 1. The van der Waals surface area contributed by atoms with E-state index in [1.54, 1.807) is 171 Å². The highest BCUT2D eigenvalue weighted by atomic mass is 35.5. The van der Waals surface area contributed by atoms with Crippen LogP contribution in [0.1, 0.15) is 121 Å². The Labute approximate surface area is 786 Å². The first-order chi connectivity index (χ1) is 64.0. The largest absolute Gasteiger partial charge is 0.384 e. The molecule has 0 spiro atoms. The van der Waals surface area contributed by atoms with Crippen molar-refractivity contribution in [3.8, 4) is 45.0 Å². The molecule has 0 radical (unpaired) electrons. The van der Waals surface area contributed by atoms with Crippen molar-refractivity contribution in [2.75, 3.05) is 85.3 Å². The molecule has 0 saturated carbocycles. The Morgan fingerprint density at radius 2 is 0.879 bits per heavy atom. The zero-order chi connectivity index (χ0) is 92.7. The number of nitrogens with zero attached hydrogens (tertiary/aromatic N) is 9. The standard InChI is InChI=1S/C26H27ClN4O4S.C25H23ClN6O.C25H26ClN5O.C24H23ClN4O2/c1-36(34,35)17-19-8-7-18(14-24(19)30-25(32)16-31-12-4-5-13-31)26(33)29-20-9-10-22(27)21(15-20)23-6-2-3-11-28-23;26-22-11-10-19(14-21(22)23-5-1-2-12-29-23)32-25(33)18-8-6-17(7-9-18)24(27)30-13-3-4-20-15-28-16-31-20;26-22-11-10-20(16-21(22)23-5-1-2-13-29-23)31-25(32)18-8-6-17(7-9-18)24(27)30-15-12-19-4-3-14-28-19;25-21-11-10-18(14-20(21)22-5-1-2-12-27-22)29-24(30)17-8-6-16(7-9-17)23(26)28-15-19-4-3-13-31-19/h2-3,6-11,14-15H,4-5,12-13,16-17H2,1H3,(H,29,33)(H,30,32);1-2,5-12,14-16H,3-4,13H2,(H2,27,30)(H,28,31)(H,32,33);1-2,5-11,13,16,19,28H,3-4,12,14-15H2,(H2,27,30)(H,31,32);1-2,5-12,14,19H,3-4,13,15H2,(H2,26,28)(H,29,30). The number of sulfone groups is 1. The van der Waals surface area contributed by atoms with E-state index in [2.05, 4.69) is 76.8 Å². The van der Waals surface area contributed by atoms with Crippen LogP contribution in [0.5, 0.6) is 0 Å². The van der Waals surface area contributed by atoms with E-state index in [0.717, 1.165) is 134 Å². The maximum atomic E-state index is 13.1. The summed E-state index contributed by atoms with van der Waals surface area (Å²) in [6, 6.07) is 69.8. The molecule has 5 aromatic heterocycles. The molecule has 32 heteroatoms. The van der Waals surface area contributed by atoms with Gasteiger partial charge in [0.15, 0.2) is 9.84 Å². The smallest absolute Gasteiger partial charge is 0.255 e. The summed E-state index contributed by atoms with van der Waals surface area (Å²) >= 11 is 25.3. The number of imidazole rings is 1. The van der Waals surface area contributed by atoms with E-state index < -0.39 is 15.7 Å².